The molecule has 0 radical (unpaired) electrons. The Morgan fingerprint density at radius 2 is 1.93 bits per heavy atom. The molecule has 6 nitrogen and oxygen atoms in total. The third-order valence-electron chi connectivity index (χ3n) is 1.38. The minimum Gasteiger partial charge on any atom is -0.478 e. The van der Waals surface area contributed by atoms with E-state index < -0.39 is 11.9 Å². The lowest BCUT2D eigenvalue weighted by Crippen LogP contribution is -2.11. The van der Waals surface area contributed by atoms with Gasteiger partial charge in [-0.15, -0.1) is 0 Å². The van der Waals surface area contributed by atoms with Crippen LogP contribution in [-0.4, -0.2) is 48.6 Å². The van der Waals surface area contributed by atoms with Gasteiger partial charge in [-0.05, 0) is 6.92 Å². The van der Waals surface area contributed by atoms with Crippen LogP contribution < -0.4 is 0 Å². The lowest BCUT2D eigenvalue weighted by atomic mass is 10.3. The molecular weight excluding hydrogens is 204 g/mol. The average molecular weight is 218 g/mol. The molecule has 0 aliphatic rings. The van der Waals surface area contributed by atoms with Gasteiger partial charge in [0.15, 0.2) is 0 Å². The first-order valence-electron chi connectivity index (χ1n) is 4.35. The largest absolute Gasteiger partial charge is 0.478 e. The normalized spacial score (nSPS) is 11.2. The first kappa shape index (κ1) is 13.6. The maximum atomic E-state index is 10.9. The van der Waals surface area contributed by atoms with Crippen molar-refractivity contribution in [1.29, 1.82) is 0 Å². The van der Waals surface area contributed by atoms with Crippen molar-refractivity contribution in [3.8, 4) is 0 Å². The van der Waals surface area contributed by atoms with Gasteiger partial charge in [0.1, 0.15) is 6.61 Å². The van der Waals surface area contributed by atoms with Gasteiger partial charge < -0.3 is 19.7 Å². The van der Waals surface area contributed by atoms with Crippen LogP contribution in [0.1, 0.15) is 6.92 Å². The van der Waals surface area contributed by atoms with Gasteiger partial charge in [-0.3, -0.25) is 0 Å². The van der Waals surface area contributed by atoms with Gasteiger partial charge in [0.05, 0.1) is 19.8 Å². The molecule has 86 valence electrons. The zero-order valence-electron chi connectivity index (χ0n) is 8.43. The quantitative estimate of drug-likeness (QED) is 0.342. The summed E-state index contributed by atoms with van der Waals surface area (Å²) >= 11 is 0. The van der Waals surface area contributed by atoms with Gasteiger partial charge in [-0.25, -0.2) is 9.59 Å². The second kappa shape index (κ2) is 7.95. The molecule has 0 aliphatic heterocycles. The number of rotatable bonds is 7. The number of hydrogen-bond donors (Lipinski definition) is 2. The Morgan fingerprint density at radius 3 is 2.47 bits per heavy atom. The van der Waals surface area contributed by atoms with Crippen LogP contribution in [0.3, 0.4) is 0 Å². The van der Waals surface area contributed by atoms with Gasteiger partial charge in [0.25, 0.3) is 0 Å². The highest BCUT2D eigenvalue weighted by Gasteiger charge is 2.04. The predicted octanol–water partition coefficient (Wildman–Crippen LogP) is -0.431. The minimum atomic E-state index is -1.16. The second-order valence-electron chi connectivity index (χ2n) is 2.64. The van der Waals surface area contributed by atoms with Crippen molar-refractivity contribution >= 4 is 11.9 Å². The van der Waals surface area contributed by atoms with Crippen LogP contribution in [0.15, 0.2) is 11.6 Å². The lowest BCUT2D eigenvalue weighted by Gasteiger charge is -2.02. The monoisotopic (exact) mass is 218 g/mol. The fraction of sp³-hybridized carbons (Fsp3) is 0.556. The molecule has 2 N–H and O–H groups in total. The Hall–Kier alpha value is -1.40. The van der Waals surface area contributed by atoms with E-state index in [-0.39, 0.29) is 32.0 Å². The highest BCUT2D eigenvalue weighted by Crippen LogP contribution is 1.93. The molecule has 0 saturated heterocycles. The third kappa shape index (κ3) is 7.65. The highest BCUT2D eigenvalue weighted by atomic mass is 16.6. The number of carboxylic acids is 1. The summed E-state index contributed by atoms with van der Waals surface area (Å²) in [4.78, 5) is 21.2. The molecular formula is C9H14O6. The van der Waals surface area contributed by atoms with Gasteiger partial charge in [-0.2, -0.15) is 0 Å². The van der Waals surface area contributed by atoms with E-state index in [0.717, 1.165) is 6.08 Å². The molecule has 0 aromatic carbocycles. The van der Waals surface area contributed by atoms with Gasteiger partial charge in [0.2, 0.25) is 0 Å². The molecule has 0 unspecified atom stereocenters. The molecule has 0 aromatic heterocycles. The molecule has 0 rings (SSSR count). The Kier molecular flexibility index (Phi) is 7.21. The standard InChI is InChI=1S/C9H14O6/c1-7(9(12)13)6-8(11)15-5-4-14-3-2-10/h6,10H,2-5H2,1H3,(H,12,13)/b7-6-. The number of aliphatic carboxylic acids is 1. The van der Waals surface area contributed by atoms with Gasteiger partial charge in [-0.1, -0.05) is 0 Å². The van der Waals surface area contributed by atoms with Gasteiger partial charge >= 0.3 is 11.9 Å². The molecule has 0 aromatic rings. The van der Waals surface area contributed by atoms with Crippen molar-refractivity contribution in [3.63, 3.8) is 0 Å². The van der Waals surface area contributed by atoms with E-state index in [1.807, 2.05) is 0 Å². The molecule has 0 fully saturated rings. The van der Waals surface area contributed by atoms with E-state index in [1.54, 1.807) is 0 Å². The van der Waals surface area contributed by atoms with E-state index >= 15 is 0 Å². The van der Waals surface area contributed by atoms with Crippen molar-refractivity contribution in [2.75, 3.05) is 26.4 Å². The molecule has 0 bridgehead atoms. The van der Waals surface area contributed by atoms with E-state index in [4.69, 9.17) is 14.9 Å². The highest BCUT2D eigenvalue weighted by molar-refractivity contribution is 5.94. The number of carbonyl (C=O) groups excluding carboxylic acids is 1. The average Bonchev–Trinajstić information content (AvgIpc) is 2.17. The summed E-state index contributed by atoms with van der Waals surface area (Å²) in [5.74, 6) is -1.88. The maximum absolute atomic E-state index is 10.9. The number of carboxylic acid groups (broad SMARTS) is 1. The van der Waals surface area contributed by atoms with Crippen LogP contribution in [-0.2, 0) is 19.1 Å². The molecule has 0 heterocycles. The number of aliphatic hydroxyl groups excluding tert-OH is 1. The van der Waals surface area contributed by atoms with E-state index in [0.29, 0.717) is 0 Å². The summed E-state index contributed by atoms with van der Waals surface area (Å²) in [6.45, 7) is 1.59. The first-order chi connectivity index (χ1) is 7.07. The van der Waals surface area contributed by atoms with Crippen LogP contribution in [0.5, 0.6) is 0 Å². The molecule has 0 saturated carbocycles. The van der Waals surface area contributed by atoms with Crippen LogP contribution in [0.4, 0.5) is 0 Å². The predicted molar refractivity (Wildman–Crippen MR) is 50.3 cm³/mol. The van der Waals surface area contributed by atoms with Crippen LogP contribution >= 0.6 is 0 Å². The summed E-state index contributed by atoms with van der Waals surface area (Å²) in [6.07, 6.45) is 0.897. The topological polar surface area (TPSA) is 93.1 Å². The van der Waals surface area contributed by atoms with Gasteiger partial charge in [0, 0.05) is 11.6 Å². The molecule has 0 spiro atoms. The Bertz CT molecular complexity index is 245. The molecule has 0 amide bonds. The van der Waals surface area contributed by atoms with Crippen molar-refractivity contribution in [3.05, 3.63) is 11.6 Å². The Morgan fingerprint density at radius 1 is 1.27 bits per heavy atom. The summed E-state index contributed by atoms with van der Waals surface area (Å²) < 4.78 is 9.45. The summed E-state index contributed by atoms with van der Waals surface area (Å²) in [6, 6.07) is 0. The second-order valence-corrected chi connectivity index (χ2v) is 2.64. The Labute approximate surface area is 87.1 Å². The number of esters is 1. The number of carbonyl (C=O) groups is 2. The van der Waals surface area contributed by atoms with Crippen molar-refractivity contribution in [2.45, 2.75) is 6.92 Å². The fourth-order valence-electron chi connectivity index (χ4n) is 0.648. The molecule has 0 atom stereocenters. The zero-order valence-corrected chi connectivity index (χ0v) is 8.43. The van der Waals surface area contributed by atoms with Crippen molar-refractivity contribution in [2.24, 2.45) is 0 Å². The van der Waals surface area contributed by atoms with Crippen molar-refractivity contribution in [1.82, 2.24) is 0 Å². The fourth-order valence-corrected chi connectivity index (χ4v) is 0.648. The number of hydrogen-bond acceptors (Lipinski definition) is 5. The molecule has 6 heteroatoms. The Balaban J connectivity index is 3.66. The number of ether oxygens (including phenoxy) is 2. The molecule has 0 aliphatic carbocycles. The SMILES string of the molecule is C/C(=C/C(=O)OCCOCCO)C(=O)O. The first-order valence-corrected chi connectivity index (χ1v) is 4.35. The zero-order chi connectivity index (χ0) is 11.7. The van der Waals surface area contributed by atoms with E-state index in [9.17, 15) is 9.59 Å². The number of aliphatic hydroxyl groups is 1. The summed E-state index contributed by atoms with van der Waals surface area (Å²) in [5.41, 5.74) is -0.0868. The van der Waals surface area contributed by atoms with Crippen LogP contribution in [0, 0.1) is 0 Å². The molecule has 15 heavy (non-hydrogen) atoms. The summed E-state index contributed by atoms with van der Waals surface area (Å²) in [7, 11) is 0. The third-order valence-corrected chi connectivity index (χ3v) is 1.38. The lowest BCUT2D eigenvalue weighted by molar-refractivity contribution is -0.140. The van der Waals surface area contributed by atoms with E-state index in [1.165, 1.54) is 6.92 Å². The summed E-state index contributed by atoms with van der Waals surface area (Å²) in [5, 5.41) is 16.8. The van der Waals surface area contributed by atoms with Crippen LogP contribution in [0.2, 0.25) is 0 Å². The maximum Gasteiger partial charge on any atom is 0.331 e. The minimum absolute atomic E-state index is 0.0300. The van der Waals surface area contributed by atoms with Crippen molar-refractivity contribution < 1.29 is 29.3 Å². The van der Waals surface area contributed by atoms with Crippen LogP contribution in [0.25, 0.3) is 0 Å². The smallest absolute Gasteiger partial charge is 0.331 e. The van der Waals surface area contributed by atoms with E-state index in [2.05, 4.69) is 4.74 Å².